The molecule has 2 heterocycles. The van der Waals surface area contributed by atoms with Crippen LogP contribution in [0.5, 0.6) is 0 Å². The van der Waals surface area contributed by atoms with Crippen molar-refractivity contribution in [1.29, 1.82) is 0 Å². The summed E-state index contributed by atoms with van der Waals surface area (Å²) in [5.41, 5.74) is 4.68. The lowest BCUT2D eigenvalue weighted by atomic mass is 9.72. The van der Waals surface area contributed by atoms with Crippen LogP contribution in [0.1, 0.15) is 56.7 Å². The Morgan fingerprint density at radius 1 is 1.28 bits per heavy atom. The molecule has 0 bridgehead atoms. The van der Waals surface area contributed by atoms with Crippen LogP contribution >= 0.6 is 11.8 Å². The maximum atomic E-state index is 2.82. The third-order valence-corrected chi connectivity index (χ3v) is 7.09. The van der Waals surface area contributed by atoms with Gasteiger partial charge in [0, 0.05) is 41.6 Å². The van der Waals surface area contributed by atoms with Gasteiger partial charge in [-0.15, -0.1) is 0 Å². The first-order chi connectivity index (χ1) is 12.1. The number of nitrogens with zero attached hydrogens (tertiary/aromatic N) is 2. The number of likely N-dealkylation sites (tertiary alicyclic amines) is 1. The highest BCUT2D eigenvalue weighted by Crippen LogP contribution is 2.46. The molecule has 1 saturated heterocycles. The number of thioether (sulfide) groups is 1. The molecule has 25 heavy (non-hydrogen) atoms. The smallest absolute Gasteiger partial charge is 0.0488 e. The molecular weight excluding hydrogens is 324 g/mol. The van der Waals surface area contributed by atoms with Crippen molar-refractivity contribution in [1.82, 2.24) is 9.47 Å². The second-order valence-electron chi connectivity index (χ2n) is 8.33. The molecule has 0 spiro atoms. The minimum absolute atomic E-state index is 0.530. The van der Waals surface area contributed by atoms with Crippen LogP contribution in [-0.2, 0) is 6.42 Å². The second-order valence-corrected chi connectivity index (χ2v) is 9.24. The fourth-order valence-electron chi connectivity index (χ4n) is 5.36. The molecule has 2 nitrogen and oxygen atoms in total. The molecule has 4 rings (SSSR count). The number of rotatable bonds is 5. The van der Waals surface area contributed by atoms with Crippen LogP contribution in [0.15, 0.2) is 24.4 Å². The van der Waals surface area contributed by atoms with E-state index in [2.05, 4.69) is 60.9 Å². The number of hydrogen-bond donors (Lipinski definition) is 0. The first-order valence-corrected chi connectivity index (χ1v) is 11.4. The zero-order chi connectivity index (χ0) is 17.6. The summed E-state index contributed by atoms with van der Waals surface area (Å²) in [6.07, 6.45) is 8.59. The van der Waals surface area contributed by atoms with Gasteiger partial charge in [0.05, 0.1) is 0 Å². The number of aromatic nitrogens is 1. The van der Waals surface area contributed by atoms with Crippen LogP contribution < -0.4 is 0 Å². The van der Waals surface area contributed by atoms with Gasteiger partial charge in [-0.3, -0.25) is 4.90 Å². The molecule has 1 fully saturated rings. The van der Waals surface area contributed by atoms with E-state index in [-0.39, 0.29) is 0 Å². The first kappa shape index (κ1) is 17.5. The molecule has 1 aliphatic heterocycles. The molecule has 0 amide bonds. The molecule has 3 heteroatoms. The standard InChI is InChI=1S/C22H32N2S/c1-5-9-23-12-16(14-25-4)10-19-18-7-6-8-20-22(18)17(11-21(19)23)13-24(20)15(2)3/h6-8,13,15-16,19,21H,5,9-12,14H2,1-4H3/t16-,19-,21-/m1/s1. The quantitative estimate of drug-likeness (QED) is 0.716. The fraction of sp³-hybridized carbons (Fsp3) is 0.636. The summed E-state index contributed by atoms with van der Waals surface area (Å²) in [7, 11) is 0. The summed E-state index contributed by atoms with van der Waals surface area (Å²) in [6, 6.07) is 8.29. The number of piperidine rings is 1. The molecule has 0 N–H and O–H groups in total. The molecular formula is C22H32N2S. The van der Waals surface area contributed by atoms with Gasteiger partial charge in [0.15, 0.2) is 0 Å². The van der Waals surface area contributed by atoms with E-state index in [0.717, 1.165) is 11.8 Å². The van der Waals surface area contributed by atoms with Crippen molar-refractivity contribution < 1.29 is 0 Å². The van der Waals surface area contributed by atoms with Gasteiger partial charge >= 0.3 is 0 Å². The Kier molecular flexibility index (Phi) is 4.89. The third-order valence-electron chi connectivity index (χ3n) is 6.28. The van der Waals surface area contributed by atoms with Gasteiger partial charge in [0.25, 0.3) is 0 Å². The van der Waals surface area contributed by atoms with Gasteiger partial charge in [-0.1, -0.05) is 19.1 Å². The second kappa shape index (κ2) is 7.00. The molecule has 2 aromatic rings. The Hall–Kier alpha value is -0.930. The van der Waals surface area contributed by atoms with Gasteiger partial charge in [0.1, 0.15) is 0 Å². The lowest BCUT2D eigenvalue weighted by molar-refractivity contribution is 0.0926. The summed E-state index contributed by atoms with van der Waals surface area (Å²) in [4.78, 5) is 2.82. The van der Waals surface area contributed by atoms with E-state index in [4.69, 9.17) is 0 Å². The number of fused-ring (bicyclic) bond motifs is 2. The number of hydrogen-bond acceptors (Lipinski definition) is 2. The summed E-state index contributed by atoms with van der Waals surface area (Å²) < 4.78 is 2.50. The van der Waals surface area contributed by atoms with Gasteiger partial charge in [0.2, 0.25) is 0 Å². The van der Waals surface area contributed by atoms with Crippen molar-refractivity contribution in [2.45, 2.75) is 58.0 Å². The Morgan fingerprint density at radius 3 is 2.84 bits per heavy atom. The molecule has 0 radical (unpaired) electrons. The van der Waals surface area contributed by atoms with Crippen LogP contribution in [0.2, 0.25) is 0 Å². The summed E-state index contributed by atoms with van der Waals surface area (Å²) in [5, 5.41) is 1.58. The van der Waals surface area contributed by atoms with Crippen molar-refractivity contribution in [3.05, 3.63) is 35.5 Å². The zero-order valence-electron chi connectivity index (χ0n) is 16.2. The molecule has 0 saturated carbocycles. The lowest BCUT2D eigenvalue weighted by Crippen LogP contribution is -2.50. The minimum Gasteiger partial charge on any atom is -0.345 e. The largest absolute Gasteiger partial charge is 0.345 e. The molecule has 136 valence electrons. The zero-order valence-corrected chi connectivity index (χ0v) is 17.0. The predicted octanol–water partition coefficient (Wildman–Crippen LogP) is 5.33. The predicted molar refractivity (Wildman–Crippen MR) is 111 cm³/mol. The Labute approximate surface area is 157 Å². The third kappa shape index (κ3) is 2.94. The normalized spacial score (nSPS) is 26.4. The van der Waals surface area contributed by atoms with Crippen molar-refractivity contribution >= 4 is 22.7 Å². The van der Waals surface area contributed by atoms with Crippen LogP contribution in [0.4, 0.5) is 0 Å². The van der Waals surface area contributed by atoms with Crippen molar-refractivity contribution in [2.24, 2.45) is 5.92 Å². The van der Waals surface area contributed by atoms with Crippen molar-refractivity contribution in [3.8, 4) is 0 Å². The van der Waals surface area contributed by atoms with E-state index in [1.165, 1.54) is 43.6 Å². The molecule has 0 unspecified atom stereocenters. The molecule has 1 aromatic heterocycles. The Bertz CT molecular complexity index is 748. The van der Waals surface area contributed by atoms with E-state index in [0.29, 0.717) is 12.1 Å². The number of benzene rings is 1. The Balaban J connectivity index is 1.80. The summed E-state index contributed by atoms with van der Waals surface area (Å²) in [6.45, 7) is 9.49. The van der Waals surface area contributed by atoms with E-state index in [1.54, 1.807) is 16.5 Å². The van der Waals surface area contributed by atoms with Crippen molar-refractivity contribution in [3.63, 3.8) is 0 Å². The average molecular weight is 357 g/mol. The summed E-state index contributed by atoms with van der Waals surface area (Å²) in [5.74, 6) is 2.86. The van der Waals surface area contributed by atoms with E-state index in [9.17, 15) is 0 Å². The maximum Gasteiger partial charge on any atom is 0.0488 e. The average Bonchev–Trinajstić information content (AvgIpc) is 2.97. The van der Waals surface area contributed by atoms with E-state index < -0.39 is 0 Å². The van der Waals surface area contributed by atoms with Crippen LogP contribution in [-0.4, -0.2) is 40.6 Å². The van der Waals surface area contributed by atoms with Gasteiger partial charge in [-0.25, -0.2) is 0 Å². The molecule has 3 atom stereocenters. The Morgan fingerprint density at radius 2 is 2.12 bits per heavy atom. The SMILES string of the molecule is CCCN1C[C@H](CSC)C[C@@H]2c3cccc4c3c(cn4C(C)C)C[C@H]21. The minimum atomic E-state index is 0.530. The fourth-order valence-corrected chi connectivity index (χ4v) is 6.07. The van der Waals surface area contributed by atoms with Gasteiger partial charge in [-0.2, -0.15) is 11.8 Å². The van der Waals surface area contributed by atoms with Crippen molar-refractivity contribution in [2.75, 3.05) is 25.1 Å². The first-order valence-electron chi connectivity index (χ1n) is 9.99. The molecule has 1 aromatic carbocycles. The van der Waals surface area contributed by atoms with E-state index >= 15 is 0 Å². The highest BCUT2D eigenvalue weighted by Gasteiger charge is 2.40. The highest BCUT2D eigenvalue weighted by molar-refractivity contribution is 7.98. The van der Waals surface area contributed by atoms with Gasteiger partial charge in [-0.05, 0) is 74.8 Å². The molecule has 1 aliphatic carbocycles. The van der Waals surface area contributed by atoms with E-state index in [1.807, 2.05) is 11.8 Å². The maximum absolute atomic E-state index is 2.82. The topological polar surface area (TPSA) is 8.17 Å². The van der Waals surface area contributed by atoms with Crippen LogP contribution in [0, 0.1) is 5.92 Å². The van der Waals surface area contributed by atoms with Crippen LogP contribution in [0.25, 0.3) is 10.9 Å². The lowest BCUT2D eigenvalue weighted by Gasteiger charge is -2.47. The molecule has 2 aliphatic rings. The summed E-state index contributed by atoms with van der Waals surface area (Å²) >= 11 is 2.02. The van der Waals surface area contributed by atoms with Crippen LogP contribution in [0.3, 0.4) is 0 Å². The highest BCUT2D eigenvalue weighted by atomic mass is 32.2. The van der Waals surface area contributed by atoms with Gasteiger partial charge < -0.3 is 4.57 Å². The monoisotopic (exact) mass is 356 g/mol.